The van der Waals surface area contributed by atoms with Gasteiger partial charge in [-0.15, -0.1) is 0 Å². The van der Waals surface area contributed by atoms with Crippen molar-refractivity contribution in [2.75, 3.05) is 39.3 Å². The first kappa shape index (κ1) is 14.5. The molecule has 2 aliphatic heterocycles. The molecule has 2 heterocycles. The lowest BCUT2D eigenvalue weighted by molar-refractivity contribution is -0.00863. The van der Waals surface area contributed by atoms with Crippen LogP contribution in [0, 0.1) is 0 Å². The van der Waals surface area contributed by atoms with Gasteiger partial charge < -0.3 is 14.7 Å². The van der Waals surface area contributed by atoms with Crippen molar-refractivity contribution < 1.29 is 23.4 Å². The number of alkyl halides is 2. The summed E-state index contributed by atoms with van der Waals surface area (Å²) >= 11 is 0. The number of piperidine rings is 1. The van der Waals surface area contributed by atoms with E-state index in [1.54, 1.807) is 4.90 Å². The highest BCUT2D eigenvalue weighted by Gasteiger charge is 2.37. The molecule has 0 radical (unpaired) electrons. The van der Waals surface area contributed by atoms with Gasteiger partial charge in [-0.2, -0.15) is 0 Å². The van der Waals surface area contributed by atoms with Gasteiger partial charge in [0, 0.05) is 32.6 Å². The maximum Gasteiger partial charge on any atom is 0.407 e. The predicted molar refractivity (Wildman–Crippen MR) is 64.6 cm³/mol. The summed E-state index contributed by atoms with van der Waals surface area (Å²) in [5, 5.41) is 8.80. The Bertz CT molecular complexity index is 320. The van der Waals surface area contributed by atoms with Gasteiger partial charge in [0.05, 0.1) is 19.3 Å². The molecular formula is C12H20F2N2O3. The van der Waals surface area contributed by atoms with Crippen LogP contribution in [0.15, 0.2) is 0 Å². The van der Waals surface area contributed by atoms with Gasteiger partial charge in [-0.3, -0.25) is 4.90 Å². The van der Waals surface area contributed by atoms with E-state index in [2.05, 4.69) is 0 Å². The van der Waals surface area contributed by atoms with Crippen LogP contribution in [0.3, 0.4) is 0 Å². The number of halogens is 2. The SMILES string of the molecule is O=C(O)N1CCC(OCCN2CCC(F)(F)C2)CC1. The second-order valence-corrected chi connectivity index (χ2v) is 5.22. The summed E-state index contributed by atoms with van der Waals surface area (Å²) in [5.74, 6) is -2.55. The predicted octanol–water partition coefficient (Wildman–Crippen LogP) is 1.49. The van der Waals surface area contributed by atoms with Gasteiger partial charge in [0.2, 0.25) is 0 Å². The Morgan fingerprint density at radius 3 is 2.53 bits per heavy atom. The summed E-state index contributed by atoms with van der Waals surface area (Å²) in [5.41, 5.74) is 0. The lowest BCUT2D eigenvalue weighted by Crippen LogP contribution is -2.40. The smallest absolute Gasteiger partial charge is 0.407 e. The summed E-state index contributed by atoms with van der Waals surface area (Å²) in [4.78, 5) is 13.8. The molecule has 5 nitrogen and oxygen atoms in total. The van der Waals surface area contributed by atoms with E-state index in [0.29, 0.717) is 45.6 Å². The number of amides is 1. The first-order valence-corrected chi connectivity index (χ1v) is 6.66. The molecule has 0 spiro atoms. The summed E-state index contributed by atoms with van der Waals surface area (Å²) in [6.45, 7) is 2.19. The average Bonchev–Trinajstić information content (AvgIpc) is 2.69. The Kier molecular flexibility index (Phi) is 4.57. The number of carbonyl (C=O) groups is 1. The molecule has 0 aliphatic carbocycles. The van der Waals surface area contributed by atoms with Crippen LogP contribution in [0.25, 0.3) is 0 Å². The van der Waals surface area contributed by atoms with Gasteiger partial charge >= 0.3 is 6.09 Å². The number of likely N-dealkylation sites (tertiary alicyclic amines) is 2. The Morgan fingerprint density at radius 1 is 1.32 bits per heavy atom. The summed E-state index contributed by atoms with van der Waals surface area (Å²) < 4.78 is 31.5. The van der Waals surface area contributed by atoms with Gasteiger partial charge in [0.15, 0.2) is 0 Å². The molecule has 0 unspecified atom stereocenters. The van der Waals surface area contributed by atoms with Crippen molar-refractivity contribution in [3.63, 3.8) is 0 Å². The average molecular weight is 278 g/mol. The molecule has 1 amide bonds. The van der Waals surface area contributed by atoms with Crippen molar-refractivity contribution in [1.29, 1.82) is 0 Å². The zero-order valence-electron chi connectivity index (χ0n) is 10.9. The van der Waals surface area contributed by atoms with Gasteiger partial charge in [0.1, 0.15) is 0 Å². The molecule has 0 aromatic carbocycles. The fraction of sp³-hybridized carbons (Fsp3) is 0.917. The molecule has 2 saturated heterocycles. The van der Waals surface area contributed by atoms with E-state index in [4.69, 9.17) is 9.84 Å². The lowest BCUT2D eigenvalue weighted by atomic mass is 10.1. The van der Waals surface area contributed by atoms with Crippen molar-refractivity contribution in [1.82, 2.24) is 9.80 Å². The molecule has 7 heteroatoms. The first-order chi connectivity index (χ1) is 8.96. The second kappa shape index (κ2) is 6.00. The molecule has 0 bridgehead atoms. The fourth-order valence-corrected chi connectivity index (χ4v) is 2.56. The third-order valence-corrected chi connectivity index (χ3v) is 3.72. The number of hydrogen-bond acceptors (Lipinski definition) is 3. The van der Waals surface area contributed by atoms with Crippen LogP contribution < -0.4 is 0 Å². The van der Waals surface area contributed by atoms with E-state index < -0.39 is 12.0 Å². The highest BCUT2D eigenvalue weighted by molar-refractivity contribution is 5.64. The highest BCUT2D eigenvalue weighted by Crippen LogP contribution is 2.26. The Hall–Kier alpha value is -0.950. The summed E-state index contributed by atoms with van der Waals surface area (Å²) in [6, 6.07) is 0. The van der Waals surface area contributed by atoms with E-state index in [1.165, 1.54) is 4.90 Å². The van der Waals surface area contributed by atoms with Crippen LogP contribution >= 0.6 is 0 Å². The largest absolute Gasteiger partial charge is 0.465 e. The molecule has 0 atom stereocenters. The van der Waals surface area contributed by atoms with Crippen LogP contribution in [-0.4, -0.2) is 72.4 Å². The first-order valence-electron chi connectivity index (χ1n) is 6.66. The molecule has 0 aromatic heterocycles. The molecular weight excluding hydrogens is 258 g/mol. The Balaban J connectivity index is 1.59. The highest BCUT2D eigenvalue weighted by atomic mass is 19.3. The molecule has 0 saturated carbocycles. The Morgan fingerprint density at radius 2 is 2.00 bits per heavy atom. The second-order valence-electron chi connectivity index (χ2n) is 5.22. The minimum atomic E-state index is -2.55. The minimum absolute atomic E-state index is 0.0544. The normalized spacial score (nSPS) is 24.8. The standard InChI is InChI=1S/C12H20F2N2O3/c13-12(14)3-6-15(9-12)7-8-19-10-1-4-16(5-2-10)11(17)18/h10H,1-9H2,(H,17,18). The molecule has 1 N–H and O–H groups in total. The van der Waals surface area contributed by atoms with E-state index in [0.717, 1.165) is 0 Å². The van der Waals surface area contributed by atoms with Gasteiger partial charge in [-0.1, -0.05) is 0 Å². The lowest BCUT2D eigenvalue weighted by Gasteiger charge is -2.30. The van der Waals surface area contributed by atoms with Crippen LogP contribution in [0.4, 0.5) is 13.6 Å². The van der Waals surface area contributed by atoms with E-state index in [-0.39, 0.29) is 19.1 Å². The fourth-order valence-electron chi connectivity index (χ4n) is 2.56. The monoisotopic (exact) mass is 278 g/mol. The van der Waals surface area contributed by atoms with Crippen molar-refractivity contribution in [2.45, 2.75) is 31.3 Å². The molecule has 2 rings (SSSR count). The zero-order chi connectivity index (χ0) is 13.9. The van der Waals surface area contributed by atoms with Gasteiger partial charge in [0.25, 0.3) is 5.92 Å². The van der Waals surface area contributed by atoms with E-state index in [1.807, 2.05) is 0 Å². The van der Waals surface area contributed by atoms with Crippen molar-refractivity contribution in [3.05, 3.63) is 0 Å². The molecule has 2 aliphatic rings. The topological polar surface area (TPSA) is 53.0 Å². The van der Waals surface area contributed by atoms with E-state index in [9.17, 15) is 13.6 Å². The maximum atomic E-state index is 13.0. The molecule has 19 heavy (non-hydrogen) atoms. The summed E-state index contributed by atoms with van der Waals surface area (Å²) in [6.07, 6.45) is 0.464. The van der Waals surface area contributed by atoms with Crippen molar-refractivity contribution >= 4 is 6.09 Å². The van der Waals surface area contributed by atoms with Crippen LogP contribution in [-0.2, 0) is 4.74 Å². The third kappa shape index (κ3) is 4.28. The van der Waals surface area contributed by atoms with Crippen LogP contribution in [0.5, 0.6) is 0 Å². The number of nitrogens with zero attached hydrogens (tertiary/aromatic N) is 2. The van der Waals surface area contributed by atoms with Crippen LogP contribution in [0.2, 0.25) is 0 Å². The molecule has 2 fully saturated rings. The third-order valence-electron chi connectivity index (χ3n) is 3.72. The van der Waals surface area contributed by atoms with Gasteiger partial charge in [-0.05, 0) is 12.8 Å². The van der Waals surface area contributed by atoms with Gasteiger partial charge in [-0.25, -0.2) is 13.6 Å². The summed E-state index contributed by atoms with van der Waals surface area (Å²) in [7, 11) is 0. The van der Waals surface area contributed by atoms with Crippen LogP contribution in [0.1, 0.15) is 19.3 Å². The molecule has 110 valence electrons. The number of rotatable bonds is 4. The van der Waals surface area contributed by atoms with Crippen molar-refractivity contribution in [2.24, 2.45) is 0 Å². The molecule has 0 aromatic rings. The van der Waals surface area contributed by atoms with Crippen molar-refractivity contribution in [3.8, 4) is 0 Å². The maximum absolute atomic E-state index is 13.0. The number of hydrogen-bond donors (Lipinski definition) is 1. The minimum Gasteiger partial charge on any atom is -0.465 e. The van der Waals surface area contributed by atoms with E-state index >= 15 is 0 Å². The number of carboxylic acid groups (broad SMARTS) is 1. The zero-order valence-corrected chi connectivity index (χ0v) is 10.9. The quantitative estimate of drug-likeness (QED) is 0.846. The number of ether oxygens (including phenoxy) is 1. The Labute approximate surface area is 111 Å².